The van der Waals surface area contributed by atoms with Crippen LogP contribution >= 0.6 is 0 Å². The molecule has 1 aliphatic rings. The molecule has 0 spiro atoms. The molecule has 0 bridgehead atoms. The molecule has 2 aromatic carbocycles. The number of amides is 2. The molecule has 0 radical (unpaired) electrons. The minimum absolute atomic E-state index is 0.0738. The van der Waals surface area contributed by atoms with Crippen LogP contribution in [0.25, 0.3) is 0 Å². The average Bonchev–Trinajstić information content (AvgIpc) is 3.14. The molecule has 152 valence electrons. The fourth-order valence-corrected chi connectivity index (χ4v) is 3.49. The lowest BCUT2D eigenvalue weighted by Gasteiger charge is -2.27. The van der Waals surface area contributed by atoms with Gasteiger partial charge in [-0.05, 0) is 55.2 Å². The Morgan fingerprint density at radius 1 is 1.03 bits per heavy atom. The smallest absolute Gasteiger partial charge is 0.337 e. The van der Waals surface area contributed by atoms with Gasteiger partial charge in [-0.15, -0.1) is 0 Å². The van der Waals surface area contributed by atoms with E-state index >= 15 is 0 Å². The zero-order valence-electron chi connectivity index (χ0n) is 17.2. The number of esters is 1. The highest BCUT2D eigenvalue weighted by atomic mass is 16.5. The molecular formula is C23H26N2O4. The molecule has 0 aliphatic carbocycles. The summed E-state index contributed by atoms with van der Waals surface area (Å²) in [4.78, 5) is 39.4. The highest BCUT2D eigenvalue weighted by Gasteiger charge is 2.33. The predicted molar refractivity (Wildman–Crippen MR) is 111 cm³/mol. The number of nitrogens with zero attached hydrogens (tertiary/aromatic N) is 1. The quantitative estimate of drug-likeness (QED) is 0.791. The van der Waals surface area contributed by atoms with Gasteiger partial charge in [0.2, 0.25) is 5.91 Å². The summed E-state index contributed by atoms with van der Waals surface area (Å²) in [5, 5.41) is 2.89. The van der Waals surface area contributed by atoms with Crippen molar-refractivity contribution in [1.82, 2.24) is 5.32 Å². The number of nitrogens with one attached hydrogen (secondary N) is 1. The Morgan fingerprint density at radius 3 is 2.31 bits per heavy atom. The minimum Gasteiger partial charge on any atom is -0.465 e. The molecule has 1 N–H and O–H groups in total. The van der Waals surface area contributed by atoms with Gasteiger partial charge in [0.15, 0.2) is 0 Å². The second-order valence-corrected chi connectivity index (χ2v) is 7.64. The molecule has 0 aromatic heterocycles. The second kappa shape index (κ2) is 8.47. The number of hydrogen-bond acceptors (Lipinski definition) is 4. The van der Waals surface area contributed by atoms with Crippen molar-refractivity contribution in [2.75, 3.05) is 18.6 Å². The molecule has 1 aliphatic heterocycles. The van der Waals surface area contributed by atoms with Crippen molar-refractivity contribution in [3.63, 3.8) is 0 Å². The van der Waals surface area contributed by atoms with E-state index in [-0.39, 0.29) is 17.7 Å². The van der Waals surface area contributed by atoms with Gasteiger partial charge in [-0.25, -0.2) is 4.79 Å². The van der Waals surface area contributed by atoms with E-state index in [2.05, 4.69) is 5.32 Å². The highest BCUT2D eigenvalue weighted by Crippen LogP contribution is 2.30. The lowest BCUT2D eigenvalue weighted by molar-refractivity contribution is -0.121. The lowest BCUT2D eigenvalue weighted by Crippen LogP contribution is -2.51. The third-order valence-corrected chi connectivity index (χ3v) is 5.20. The highest BCUT2D eigenvalue weighted by molar-refractivity contribution is 6.04. The number of carbonyl (C=O) groups is 3. The first kappa shape index (κ1) is 20.6. The second-order valence-electron chi connectivity index (χ2n) is 7.64. The summed E-state index contributed by atoms with van der Waals surface area (Å²) >= 11 is 0. The first-order valence-electron chi connectivity index (χ1n) is 9.72. The van der Waals surface area contributed by atoms with E-state index in [1.54, 1.807) is 35.2 Å². The van der Waals surface area contributed by atoms with Crippen molar-refractivity contribution in [1.29, 1.82) is 0 Å². The summed E-state index contributed by atoms with van der Waals surface area (Å²) in [7, 11) is 1.34. The Labute approximate surface area is 170 Å². The lowest BCUT2D eigenvalue weighted by atomic mass is 10.0. The summed E-state index contributed by atoms with van der Waals surface area (Å²) in [5.41, 5.74) is 3.76. The predicted octanol–water partition coefficient (Wildman–Crippen LogP) is 3.13. The van der Waals surface area contributed by atoms with Gasteiger partial charge in [0.25, 0.3) is 5.91 Å². The fraction of sp³-hybridized carbons (Fsp3) is 0.348. The summed E-state index contributed by atoms with van der Waals surface area (Å²) in [6, 6.07) is 11.8. The van der Waals surface area contributed by atoms with Crippen LogP contribution in [0.4, 0.5) is 5.69 Å². The molecule has 29 heavy (non-hydrogen) atoms. The van der Waals surface area contributed by atoms with Crippen LogP contribution < -0.4 is 10.2 Å². The van der Waals surface area contributed by atoms with Gasteiger partial charge in [-0.3, -0.25) is 9.59 Å². The van der Waals surface area contributed by atoms with Crippen molar-refractivity contribution in [3.05, 3.63) is 64.7 Å². The molecule has 0 saturated carbocycles. The topological polar surface area (TPSA) is 75.7 Å². The molecular weight excluding hydrogens is 368 g/mol. The molecule has 6 heteroatoms. The van der Waals surface area contributed by atoms with Crippen LogP contribution in [0.15, 0.2) is 42.5 Å². The summed E-state index contributed by atoms with van der Waals surface area (Å²) in [6.07, 6.45) is 0.655. The molecule has 2 aromatic rings. The van der Waals surface area contributed by atoms with Crippen molar-refractivity contribution in [2.45, 2.75) is 33.2 Å². The SMILES string of the molecule is COC(=O)c1ccc2c(c1)CCN2C(=O)C(NC(=O)c1ccc(C)cc1)C(C)C. The van der Waals surface area contributed by atoms with Crippen LogP contribution in [-0.4, -0.2) is 37.5 Å². The number of benzene rings is 2. The summed E-state index contributed by atoms with van der Waals surface area (Å²) in [5.74, 6) is -0.888. The first-order valence-corrected chi connectivity index (χ1v) is 9.72. The van der Waals surface area contributed by atoms with Gasteiger partial charge >= 0.3 is 5.97 Å². The summed E-state index contributed by atoms with van der Waals surface area (Å²) in [6.45, 7) is 6.30. The Hall–Kier alpha value is -3.15. The number of methoxy groups -OCH3 is 1. The monoisotopic (exact) mass is 394 g/mol. The van der Waals surface area contributed by atoms with Gasteiger partial charge < -0.3 is 15.0 Å². The maximum absolute atomic E-state index is 13.3. The van der Waals surface area contributed by atoms with Crippen molar-refractivity contribution in [2.24, 2.45) is 5.92 Å². The van der Waals surface area contributed by atoms with Gasteiger partial charge in [-0.2, -0.15) is 0 Å². The number of rotatable bonds is 5. The first-order chi connectivity index (χ1) is 13.8. The summed E-state index contributed by atoms with van der Waals surface area (Å²) < 4.78 is 4.77. The van der Waals surface area contributed by atoms with E-state index in [1.165, 1.54) is 7.11 Å². The molecule has 0 saturated heterocycles. The third-order valence-electron chi connectivity index (χ3n) is 5.20. The maximum atomic E-state index is 13.3. The van der Waals surface area contributed by atoms with Crippen LogP contribution in [0.3, 0.4) is 0 Å². The number of carbonyl (C=O) groups excluding carboxylic acids is 3. The third kappa shape index (κ3) is 4.31. The Balaban J connectivity index is 1.80. The zero-order valence-corrected chi connectivity index (χ0v) is 17.2. The van der Waals surface area contributed by atoms with Crippen molar-refractivity contribution >= 4 is 23.5 Å². The van der Waals surface area contributed by atoms with Crippen molar-refractivity contribution in [3.8, 4) is 0 Å². The standard InChI is InChI=1S/C23H26N2O4/c1-14(2)20(24-21(26)16-7-5-15(3)6-8-16)22(27)25-12-11-17-13-18(23(28)29-4)9-10-19(17)25/h5-10,13-14,20H,11-12H2,1-4H3,(H,24,26). The van der Waals surface area contributed by atoms with E-state index in [1.807, 2.05) is 32.9 Å². The number of hydrogen-bond donors (Lipinski definition) is 1. The van der Waals surface area contributed by atoms with E-state index in [4.69, 9.17) is 4.74 Å². The Morgan fingerprint density at radius 2 is 1.69 bits per heavy atom. The van der Waals surface area contributed by atoms with Gasteiger partial charge in [0.1, 0.15) is 6.04 Å². The molecule has 0 fully saturated rings. The largest absolute Gasteiger partial charge is 0.465 e. The van der Waals surface area contributed by atoms with Crippen LogP contribution in [-0.2, 0) is 16.0 Å². The van der Waals surface area contributed by atoms with E-state index in [0.29, 0.717) is 24.1 Å². The average molecular weight is 394 g/mol. The normalized spacial score (nSPS) is 13.8. The van der Waals surface area contributed by atoms with Crippen LogP contribution in [0.5, 0.6) is 0 Å². The van der Waals surface area contributed by atoms with Crippen LogP contribution in [0, 0.1) is 12.8 Å². The Kier molecular flexibility index (Phi) is 6.01. The minimum atomic E-state index is -0.643. The number of aryl methyl sites for hydroxylation is 1. The molecule has 6 nitrogen and oxygen atoms in total. The van der Waals surface area contributed by atoms with E-state index in [9.17, 15) is 14.4 Å². The number of anilines is 1. The van der Waals surface area contributed by atoms with E-state index in [0.717, 1.165) is 16.8 Å². The Bertz CT molecular complexity index is 934. The van der Waals surface area contributed by atoms with Crippen LogP contribution in [0.2, 0.25) is 0 Å². The molecule has 3 rings (SSSR count). The zero-order chi connectivity index (χ0) is 21.1. The van der Waals surface area contributed by atoms with Crippen LogP contribution in [0.1, 0.15) is 45.7 Å². The van der Waals surface area contributed by atoms with Crippen molar-refractivity contribution < 1.29 is 19.1 Å². The van der Waals surface area contributed by atoms with Gasteiger partial charge in [-0.1, -0.05) is 31.5 Å². The fourth-order valence-electron chi connectivity index (χ4n) is 3.49. The maximum Gasteiger partial charge on any atom is 0.337 e. The number of ether oxygens (including phenoxy) is 1. The molecule has 1 heterocycles. The van der Waals surface area contributed by atoms with E-state index < -0.39 is 12.0 Å². The number of fused-ring (bicyclic) bond motifs is 1. The molecule has 2 amide bonds. The van der Waals surface area contributed by atoms with Gasteiger partial charge in [0.05, 0.1) is 12.7 Å². The molecule has 1 atom stereocenters. The van der Waals surface area contributed by atoms with Gasteiger partial charge in [0, 0.05) is 17.8 Å². The molecule has 1 unspecified atom stereocenters.